The molecule has 1 amide bonds. The second kappa shape index (κ2) is 7.46. The van der Waals surface area contributed by atoms with Crippen molar-refractivity contribution in [2.24, 2.45) is 11.7 Å². The lowest BCUT2D eigenvalue weighted by atomic mass is 9.99. The summed E-state index contributed by atoms with van der Waals surface area (Å²) in [5.41, 5.74) is 7.98. The molecule has 116 valence electrons. The van der Waals surface area contributed by atoms with Gasteiger partial charge in [-0.1, -0.05) is 32.0 Å². The molecule has 0 saturated carbocycles. The number of nitrogens with zero attached hydrogens (tertiary/aromatic N) is 1. The minimum atomic E-state index is -0.209. The number of nitrogens with one attached hydrogen (secondary N) is 1. The molecule has 0 spiro atoms. The van der Waals surface area contributed by atoms with Gasteiger partial charge in [0.2, 0.25) is 5.91 Å². The van der Waals surface area contributed by atoms with E-state index in [1.165, 1.54) is 5.56 Å². The number of carbonyl (C=O) groups is 1. The Hall–Kier alpha value is -1.55. The quantitative estimate of drug-likeness (QED) is 0.844. The van der Waals surface area contributed by atoms with Crippen LogP contribution in [0.15, 0.2) is 24.3 Å². The molecular formula is C17H27N3O. The van der Waals surface area contributed by atoms with E-state index in [9.17, 15) is 4.79 Å². The average molecular weight is 289 g/mol. The maximum Gasteiger partial charge on any atom is 0.240 e. The van der Waals surface area contributed by atoms with Crippen molar-refractivity contribution in [2.45, 2.75) is 45.7 Å². The standard InChI is InChI=1S/C17H27N3O/c1-13(2)11-19-12-14-7-3-4-8-15(14)20-10-6-5-9-16(20)17(18)21/h3-4,7-8,13,16,19H,5-6,9-12H2,1-2H3,(H2,18,21). The van der Waals surface area contributed by atoms with Gasteiger partial charge in [-0.25, -0.2) is 0 Å². The second-order valence-electron chi connectivity index (χ2n) is 6.26. The lowest BCUT2D eigenvalue weighted by molar-refractivity contribution is -0.119. The van der Waals surface area contributed by atoms with E-state index in [2.05, 4.69) is 42.3 Å². The molecular weight excluding hydrogens is 262 g/mol. The number of rotatable bonds is 6. The zero-order valence-electron chi connectivity index (χ0n) is 13.1. The predicted octanol–water partition coefficient (Wildman–Crippen LogP) is 2.28. The number of para-hydroxylation sites is 1. The monoisotopic (exact) mass is 289 g/mol. The molecule has 0 aromatic heterocycles. The highest BCUT2D eigenvalue weighted by Crippen LogP contribution is 2.28. The van der Waals surface area contributed by atoms with Crippen LogP contribution in [0.3, 0.4) is 0 Å². The van der Waals surface area contributed by atoms with Crippen molar-refractivity contribution < 1.29 is 4.79 Å². The number of primary amides is 1. The fourth-order valence-electron chi connectivity index (χ4n) is 2.95. The molecule has 1 heterocycles. The molecule has 2 rings (SSSR count). The molecule has 1 saturated heterocycles. The van der Waals surface area contributed by atoms with Crippen LogP contribution in [0.5, 0.6) is 0 Å². The van der Waals surface area contributed by atoms with Gasteiger partial charge in [-0.15, -0.1) is 0 Å². The minimum Gasteiger partial charge on any atom is -0.368 e. The third-order valence-corrected chi connectivity index (χ3v) is 4.00. The van der Waals surface area contributed by atoms with Crippen molar-refractivity contribution in [1.82, 2.24) is 5.32 Å². The van der Waals surface area contributed by atoms with E-state index < -0.39 is 0 Å². The maximum absolute atomic E-state index is 11.7. The van der Waals surface area contributed by atoms with Gasteiger partial charge < -0.3 is 16.0 Å². The number of hydrogen-bond acceptors (Lipinski definition) is 3. The Bertz CT molecular complexity index is 473. The van der Waals surface area contributed by atoms with E-state index in [-0.39, 0.29) is 11.9 Å². The maximum atomic E-state index is 11.7. The Balaban J connectivity index is 2.15. The number of anilines is 1. The van der Waals surface area contributed by atoms with Gasteiger partial charge in [0.1, 0.15) is 6.04 Å². The highest BCUT2D eigenvalue weighted by atomic mass is 16.1. The highest BCUT2D eigenvalue weighted by Gasteiger charge is 2.28. The van der Waals surface area contributed by atoms with Gasteiger partial charge in [-0.2, -0.15) is 0 Å². The number of hydrogen-bond donors (Lipinski definition) is 2. The van der Waals surface area contributed by atoms with E-state index in [1.54, 1.807) is 0 Å². The summed E-state index contributed by atoms with van der Waals surface area (Å²) in [4.78, 5) is 13.9. The number of piperidine rings is 1. The van der Waals surface area contributed by atoms with E-state index in [0.717, 1.165) is 44.6 Å². The van der Waals surface area contributed by atoms with Crippen molar-refractivity contribution in [2.75, 3.05) is 18.0 Å². The summed E-state index contributed by atoms with van der Waals surface area (Å²) in [7, 11) is 0. The summed E-state index contributed by atoms with van der Waals surface area (Å²) in [6, 6.07) is 8.17. The number of nitrogens with two attached hydrogens (primary N) is 1. The van der Waals surface area contributed by atoms with Crippen LogP contribution in [-0.2, 0) is 11.3 Å². The Morgan fingerprint density at radius 2 is 2.14 bits per heavy atom. The van der Waals surface area contributed by atoms with Crippen molar-refractivity contribution in [3.8, 4) is 0 Å². The van der Waals surface area contributed by atoms with E-state index in [0.29, 0.717) is 5.92 Å². The Labute approximate surface area is 127 Å². The first kappa shape index (κ1) is 15.8. The molecule has 1 aliphatic rings. The van der Waals surface area contributed by atoms with Gasteiger partial charge >= 0.3 is 0 Å². The van der Waals surface area contributed by atoms with Crippen LogP contribution >= 0.6 is 0 Å². The van der Waals surface area contributed by atoms with Gasteiger partial charge in [0, 0.05) is 18.8 Å². The van der Waals surface area contributed by atoms with Crippen LogP contribution < -0.4 is 16.0 Å². The number of amides is 1. The van der Waals surface area contributed by atoms with Crippen LogP contribution in [0.2, 0.25) is 0 Å². The van der Waals surface area contributed by atoms with Crippen molar-refractivity contribution in [3.05, 3.63) is 29.8 Å². The van der Waals surface area contributed by atoms with E-state index >= 15 is 0 Å². The summed E-state index contributed by atoms with van der Waals surface area (Å²) < 4.78 is 0. The smallest absolute Gasteiger partial charge is 0.240 e. The van der Waals surface area contributed by atoms with Crippen molar-refractivity contribution >= 4 is 11.6 Å². The van der Waals surface area contributed by atoms with E-state index in [1.807, 2.05) is 6.07 Å². The first-order valence-corrected chi connectivity index (χ1v) is 7.94. The Morgan fingerprint density at radius 3 is 2.86 bits per heavy atom. The lowest BCUT2D eigenvalue weighted by Gasteiger charge is -2.36. The number of carbonyl (C=O) groups excluding carboxylic acids is 1. The first-order valence-electron chi connectivity index (χ1n) is 7.94. The summed E-state index contributed by atoms with van der Waals surface area (Å²) in [6.45, 7) is 7.14. The van der Waals surface area contributed by atoms with E-state index in [4.69, 9.17) is 5.73 Å². The third-order valence-electron chi connectivity index (χ3n) is 4.00. The predicted molar refractivity (Wildman–Crippen MR) is 87.2 cm³/mol. The minimum absolute atomic E-state index is 0.162. The summed E-state index contributed by atoms with van der Waals surface area (Å²) >= 11 is 0. The largest absolute Gasteiger partial charge is 0.368 e. The van der Waals surface area contributed by atoms with Crippen LogP contribution in [0.25, 0.3) is 0 Å². The summed E-state index contributed by atoms with van der Waals surface area (Å²) in [5.74, 6) is 0.421. The normalized spacial score (nSPS) is 19.0. The van der Waals surface area contributed by atoms with Crippen LogP contribution in [0, 0.1) is 5.92 Å². The van der Waals surface area contributed by atoms with Gasteiger partial charge in [0.05, 0.1) is 0 Å². The topological polar surface area (TPSA) is 58.4 Å². The molecule has 1 aromatic carbocycles. The van der Waals surface area contributed by atoms with Crippen LogP contribution in [0.1, 0.15) is 38.7 Å². The molecule has 1 unspecified atom stereocenters. The van der Waals surface area contributed by atoms with Crippen LogP contribution in [0.4, 0.5) is 5.69 Å². The van der Waals surface area contributed by atoms with Crippen molar-refractivity contribution in [1.29, 1.82) is 0 Å². The van der Waals surface area contributed by atoms with Gasteiger partial charge in [-0.05, 0) is 43.4 Å². The van der Waals surface area contributed by atoms with Crippen LogP contribution in [-0.4, -0.2) is 25.0 Å². The molecule has 4 heteroatoms. The Kier molecular flexibility index (Phi) is 5.62. The SMILES string of the molecule is CC(C)CNCc1ccccc1N1CCCCC1C(N)=O. The molecule has 1 atom stereocenters. The molecule has 0 bridgehead atoms. The summed E-state index contributed by atoms with van der Waals surface area (Å²) in [5, 5.41) is 3.48. The van der Waals surface area contributed by atoms with Crippen molar-refractivity contribution in [3.63, 3.8) is 0 Å². The second-order valence-corrected chi connectivity index (χ2v) is 6.26. The average Bonchev–Trinajstić information content (AvgIpc) is 2.47. The molecule has 21 heavy (non-hydrogen) atoms. The highest BCUT2D eigenvalue weighted by molar-refractivity contribution is 5.84. The molecule has 1 aliphatic heterocycles. The molecule has 3 N–H and O–H groups in total. The van der Waals surface area contributed by atoms with Gasteiger partial charge in [0.15, 0.2) is 0 Å². The molecule has 1 aromatic rings. The lowest BCUT2D eigenvalue weighted by Crippen LogP contribution is -2.48. The third kappa shape index (κ3) is 4.21. The molecule has 0 radical (unpaired) electrons. The summed E-state index contributed by atoms with van der Waals surface area (Å²) in [6.07, 6.45) is 3.07. The molecule has 4 nitrogen and oxygen atoms in total. The number of benzene rings is 1. The van der Waals surface area contributed by atoms with Gasteiger partial charge in [0.25, 0.3) is 0 Å². The zero-order valence-corrected chi connectivity index (χ0v) is 13.1. The molecule has 1 fully saturated rings. The fraction of sp³-hybridized carbons (Fsp3) is 0.588. The molecule has 0 aliphatic carbocycles. The fourth-order valence-corrected chi connectivity index (χ4v) is 2.95. The van der Waals surface area contributed by atoms with Gasteiger partial charge in [-0.3, -0.25) is 4.79 Å². The Morgan fingerprint density at radius 1 is 1.38 bits per heavy atom. The zero-order chi connectivity index (χ0) is 15.2. The first-order chi connectivity index (χ1) is 10.1.